The van der Waals surface area contributed by atoms with Gasteiger partial charge in [0.25, 0.3) is 0 Å². The molecule has 0 radical (unpaired) electrons. The lowest BCUT2D eigenvalue weighted by molar-refractivity contribution is 0.629. The van der Waals surface area contributed by atoms with E-state index in [1.54, 1.807) is 6.20 Å². The highest BCUT2D eigenvalue weighted by molar-refractivity contribution is 5.74. The largest absolute Gasteiger partial charge is 0.365 e. The van der Waals surface area contributed by atoms with Crippen LogP contribution < -0.4 is 5.32 Å². The summed E-state index contributed by atoms with van der Waals surface area (Å²) < 4.78 is 2.10. The zero-order valence-corrected chi connectivity index (χ0v) is 12.9. The summed E-state index contributed by atoms with van der Waals surface area (Å²) in [5.41, 5.74) is 3.84. The van der Waals surface area contributed by atoms with Crippen molar-refractivity contribution < 1.29 is 0 Å². The Morgan fingerprint density at radius 3 is 2.57 bits per heavy atom. The molecule has 0 amide bonds. The quantitative estimate of drug-likeness (QED) is 0.773. The summed E-state index contributed by atoms with van der Waals surface area (Å²) >= 11 is 0. The summed E-state index contributed by atoms with van der Waals surface area (Å²) in [4.78, 5) is 9.19. The van der Waals surface area contributed by atoms with Gasteiger partial charge >= 0.3 is 0 Å². The van der Waals surface area contributed by atoms with Gasteiger partial charge in [-0.25, -0.2) is 4.98 Å². The Balaban J connectivity index is 2.25. The highest BCUT2D eigenvalue weighted by atomic mass is 15.2. The van der Waals surface area contributed by atoms with Crippen LogP contribution in [0, 0.1) is 6.92 Å². The number of nitrogens with one attached hydrogen (secondary N) is 1. The summed E-state index contributed by atoms with van der Waals surface area (Å²) in [6.45, 7) is 8.51. The zero-order valence-electron chi connectivity index (χ0n) is 12.9. The van der Waals surface area contributed by atoms with Crippen molar-refractivity contribution in [1.82, 2.24) is 14.4 Å². The van der Waals surface area contributed by atoms with Crippen LogP contribution in [0.2, 0.25) is 0 Å². The van der Waals surface area contributed by atoms with Gasteiger partial charge in [0, 0.05) is 17.9 Å². The molecule has 3 heterocycles. The lowest BCUT2D eigenvalue weighted by Gasteiger charge is -2.22. The molecule has 21 heavy (non-hydrogen) atoms. The average Bonchev–Trinajstić information content (AvgIpc) is 2.76. The first-order chi connectivity index (χ1) is 9.94. The Hall–Kier alpha value is -2.36. The highest BCUT2D eigenvalue weighted by Crippen LogP contribution is 2.29. The van der Waals surface area contributed by atoms with E-state index in [4.69, 9.17) is 4.98 Å². The standard InChI is InChI=1S/C17H20N4/c1-12-8-9-14-19-15(13-7-5-6-10-18-13)16(21(14)11-12)20-17(2,3)4/h5-11,20H,1-4H3. The minimum absolute atomic E-state index is 0.0523. The Labute approximate surface area is 124 Å². The molecule has 108 valence electrons. The van der Waals surface area contributed by atoms with Gasteiger partial charge in [0.2, 0.25) is 0 Å². The Kier molecular flexibility index (Phi) is 3.16. The molecule has 1 N–H and O–H groups in total. The number of rotatable bonds is 2. The topological polar surface area (TPSA) is 42.2 Å². The molecule has 0 fully saturated rings. The maximum absolute atomic E-state index is 4.75. The molecule has 4 nitrogen and oxygen atoms in total. The molecule has 3 aromatic rings. The first-order valence-corrected chi connectivity index (χ1v) is 7.12. The second kappa shape index (κ2) is 4.88. The molecule has 3 aromatic heterocycles. The number of pyridine rings is 2. The predicted molar refractivity (Wildman–Crippen MR) is 86.5 cm³/mol. The molecule has 0 saturated carbocycles. The molecule has 0 aromatic carbocycles. The molecular formula is C17H20N4. The van der Waals surface area contributed by atoms with Gasteiger partial charge < -0.3 is 5.32 Å². The van der Waals surface area contributed by atoms with Gasteiger partial charge in [0.1, 0.15) is 17.2 Å². The monoisotopic (exact) mass is 280 g/mol. The highest BCUT2D eigenvalue weighted by Gasteiger charge is 2.19. The maximum Gasteiger partial charge on any atom is 0.140 e. The third kappa shape index (κ3) is 2.75. The molecule has 0 aliphatic rings. The SMILES string of the molecule is Cc1ccc2nc(-c3ccccn3)c(NC(C)(C)C)n2c1. The number of hydrogen-bond donors (Lipinski definition) is 1. The molecule has 0 unspecified atom stereocenters. The van der Waals surface area contributed by atoms with Crippen molar-refractivity contribution in [2.24, 2.45) is 0 Å². The van der Waals surface area contributed by atoms with Crippen molar-refractivity contribution >= 4 is 11.5 Å². The number of imidazole rings is 1. The molecule has 0 aliphatic carbocycles. The lowest BCUT2D eigenvalue weighted by atomic mass is 10.1. The fourth-order valence-electron chi connectivity index (χ4n) is 2.31. The number of nitrogens with zero attached hydrogens (tertiary/aromatic N) is 3. The third-order valence-electron chi connectivity index (χ3n) is 3.17. The molecule has 0 aliphatic heterocycles. The van der Waals surface area contributed by atoms with Gasteiger partial charge in [-0.1, -0.05) is 12.1 Å². The minimum Gasteiger partial charge on any atom is -0.365 e. The number of hydrogen-bond acceptors (Lipinski definition) is 3. The summed E-state index contributed by atoms with van der Waals surface area (Å²) in [5, 5.41) is 3.56. The molecule has 0 bridgehead atoms. The van der Waals surface area contributed by atoms with Crippen LogP contribution in [0.15, 0.2) is 42.7 Å². The van der Waals surface area contributed by atoms with Gasteiger partial charge in [0.05, 0.1) is 5.69 Å². The van der Waals surface area contributed by atoms with E-state index >= 15 is 0 Å². The van der Waals surface area contributed by atoms with Gasteiger partial charge in [-0.3, -0.25) is 9.38 Å². The zero-order chi connectivity index (χ0) is 15.0. The molecule has 0 saturated heterocycles. The second-order valence-electron chi connectivity index (χ2n) is 6.33. The van der Waals surface area contributed by atoms with Gasteiger partial charge in [-0.05, 0) is 51.5 Å². The average molecular weight is 280 g/mol. The molecule has 0 spiro atoms. The summed E-state index contributed by atoms with van der Waals surface area (Å²) in [6.07, 6.45) is 3.90. The molecular weight excluding hydrogens is 260 g/mol. The first kappa shape index (κ1) is 13.6. The van der Waals surface area contributed by atoms with Crippen molar-refractivity contribution in [2.75, 3.05) is 5.32 Å². The van der Waals surface area contributed by atoms with Crippen molar-refractivity contribution in [2.45, 2.75) is 33.2 Å². The van der Waals surface area contributed by atoms with Crippen LogP contribution in [0.1, 0.15) is 26.3 Å². The van der Waals surface area contributed by atoms with E-state index in [1.807, 2.05) is 24.3 Å². The van der Waals surface area contributed by atoms with E-state index < -0.39 is 0 Å². The predicted octanol–water partition coefficient (Wildman–Crippen LogP) is 3.92. The molecule has 0 atom stereocenters. The van der Waals surface area contributed by atoms with Crippen molar-refractivity contribution in [3.8, 4) is 11.4 Å². The van der Waals surface area contributed by atoms with Gasteiger partial charge in [-0.15, -0.1) is 0 Å². The van der Waals surface area contributed by atoms with E-state index in [2.05, 4.69) is 54.7 Å². The fourth-order valence-corrected chi connectivity index (χ4v) is 2.31. The number of aromatic nitrogens is 3. The fraction of sp³-hybridized carbons (Fsp3) is 0.294. The first-order valence-electron chi connectivity index (χ1n) is 7.12. The van der Waals surface area contributed by atoms with Crippen molar-refractivity contribution in [3.05, 3.63) is 48.3 Å². The lowest BCUT2D eigenvalue weighted by Crippen LogP contribution is -2.27. The van der Waals surface area contributed by atoms with Crippen molar-refractivity contribution in [1.29, 1.82) is 0 Å². The van der Waals surface area contributed by atoms with Crippen LogP contribution in [0.3, 0.4) is 0 Å². The number of fused-ring (bicyclic) bond motifs is 1. The van der Waals surface area contributed by atoms with E-state index in [1.165, 1.54) is 5.56 Å². The van der Waals surface area contributed by atoms with Crippen LogP contribution in [-0.4, -0.2) is 19.9 Å². The molecule has 4 heteroatoms. The van der Waals surface area contributed by atoms with Crippen LogP contribution in [0.5, 0.6) is 0 Å². The minimum atomic E-state index is -0.0523. The van der Waals surface area contributed by atoms with Crippen LogP contribution >= 0.6 is 0 Å². The van der Waals surface area contributed by atoms with Crippen molar-refractivity contribution in [3.63, 3.8) is 0 Å². The Morgan fingerprint density at radius 1 is 1.10 bits per heavy atom. The summed E-state index contributed by atoms with van der Waals surface area (Å²) in [6, 6.07) is 10.0. The third-order valence-corrected chi connectivity index (χ3v) is 3.17. The summed E-state index contributed by atoms with van der Waals surface area (Å²) in [7, 11) is 0. The molecule has 3 rings (SSSR count). The van der Waals surface area contributed by atoms with E-state index in [9.17, 15) is 0 Å². The van der Waals surface area contributed by atoms with E-state index in [0.29, 0.717) is 0 Å². The van der Waals surface area contributed by atoms with E-state index in [-0.39, 0.29) is 5.54 Å². The Bertz CT molecular complexity index is 767. The van der Waals surface area contributed by atoms with Gasteiger partial charge in [-0.2, -0.15) is 0 Å². The maximum atomic E-state index is 4.75. The van der Waals surface area contributed by atoms with Crippen LogP contribution in [0.25, 0.3) is 17.0 Å². The number of aryl methyl sites for hydroxylation is 1. The second-order valence-corrected chi connectivity index (χ2v) is 6.33. The Morgan fingerprint density at radius 2 is 1.90 bits per heavy atom. The smallest absolute Gasteiger partial charge is 0.140 e. The van der Waals surface area contributed by atoms with Gasteiger partial charge in [0.15, 0.2) is 0 Å². The van der Waals surface area contributed by atoms with Crippen LogP contribution in [0.4, 0.5) is 5.82 Å². The van der Waals surface area contributed by atoms with E-state index in [0.717, 1.165) is 22.9 Å². The van der Waals surface area contributed by atoms with Crippen LogP contribution in [-0.2, 0) is 0 Å². The normalized spacial score (nSPS) is 11.8. The summed E-state index contributed by atoms with van der Waals surface area (Å²) in [5.74, 6) is 0.986. The number of anilines is 1.